The van der Waals surface area contributed by atoms with Crippen LogP contribution in [0.3, 0.4) is 0 Å². The lowest BCUT2D eigenvalue weighted by Crippen LogP contribution is -2.31. The molecular formula is C16H21ClN2O. The van der Waals surface area contributed by atoms with Crippen molar-refractivity contribution in [3.8, 4) is 0 Å². The van der Waals surface area contributed by atoms with E-state index in [0.717, 1.165) is 5.56 Å². The Hall–Kier alpha value is -1.58. The number of benzene rings is 2. The molecule has 2 aromatic rings. The van der Waals surface area contributed by atoms with Crippen LogP contribution in [0.5, 0.6) is 0 Å². The summed E-state index contributed by atoms with van der Waals surface area (Å²) in [4.78, 5) is 11.8. The zero-order valence-electron chi connectivity index (χ0n) is 11.8. The first-order valence-corrected chi connectivity index (χ1v) is 6.60. The maximum Gasteiger partial charge on any atom is 0.222 e. The van der Waals surface area contributed by atoms with E-state index in [9.17, 15) is 4.79 Å². The molecule has 0 bridgehead atoms. The fourth-order valence-electron chi connectivity index (χ4n) is 2.30. The summed E-state index contributed by atoms with van der Waals surface area (Å²) in [5.74, 6) is -0.00423. The zero-order chi connectivity index (χ0) is 13.8. The molecule has 0 aliphatic heterocycles. The van der Waals surface area contributed by atoms with E-state index in [2.05, 4.69) is 29.6 Å². The predicted octanol–water partition coefficient (Wildman–Crippen LogP) is 3.18. The number of amides is 1. The molecule has 20 heavy (non-hydrogen) atoms. The van der Waals surface area contributed by atoms with Crippen LogP contribution in [-0.4, -0.2) is 11.9 Å². The molecule has 0 heterocycles. The molecule has 1 amide bonds. The predicted molar refractivity (Wildman–Crippen MR) is 86.0 cm³/mol. The standard InChI is InChI=1S/C16H20N2O.ClH/c1-11(17)10-16(19)18-12(2)14-9-5-7-13-6-3-4-8-15(13)14;/h3-9,11-12H,10,17H2,1-2H3,(H,18,19);1H. The molecule has 0 aromatic heterocycles. The van der Waals surface area contributed by atoms with E-state index in [1.807, 2.05) is 32.0 Å². The van der Waals surface area contributed by atoms with Gasteiger partial charge in [-0.25, -0.2) is 0 Å². The van der Waals surface area contributed by atoms with E-state index < -0.39 is 0 Å². The van der Waals surface area contributed by atoms with Gasteiger partial charge in [-0.3, -0.25) is 4.79 Å². The van der Waals surface area contributed by atoms with Crippen molar-refractivity contribution in [3.05, 3.63) is 48.0 Å². The van der Waals surface area contributed by atoms with Crippen LogP contribution in [0.25, 0.3) is 10.8 Å². The topological polar surface area (TPSA) is 55.1 Å². The summed E-state index contributed by atoms with van der Waals surface area (Å²) in [7, 11) is 0. The summed E-state index contributed by atoms with van der Waals surface area (Å²) in [5, 5.41) is 5.37. The summed E-state index contributed by atoms with van der Waals surface area (Å²) in [6.07, 6.45) is 0.356. The van der Waals surface area contributed by atoms with Gasteiger partial charge in [-0.05, 0) is 30.2 Å². The highest BCUT2D eigenvalue weighted by molar-refractivity contribution is 5.87. The maximum atomic E-state index is 11.8. The molecular weight excluding hydrogens is 272 g/mol. The van der Waals surface area contributed by atoms with Crippen molar-refractivity contribution in [2.45, 2.75) is 32.4 Å². The van der Waals surface area contributed by atoms with Crippen molar-refractivity contribution < 1.29 is 4.79 Å². The number of carbonyl (C=O) groups is 1. The van der Waals surface area contributed by atoms with E-state index in [0.29, 0.717) is 6.42 Å². The number of nitrogens with two attached hydrogens (primary N) is 1. The average molecular weight is 293 g/mol. The van der Waals surface area contributed by atoms with Crippen LogP contribution >= 0.6 is 12.4 Å². The van der Waals surface area contributed by atoms with E-state index in [4.69, 9.17) is 5.73 Å². The molecule has 0 spiro atoms. The summed E-state index contributed by atoms with van der Waals surface area (Å²) in [6.45, 7) is 3.84. The number of carbonyl (C=O) groups excluding carboxylic acids is 1. The van der Waals surface area contributed by atoms with E-state index in [1.54, 1.807) is 0 Å². The van der Waals surface area contributed by atoms with Crippen LogP contribution in [0.15, 0.2) is 42.5 Å². The Bertz CT molecular complexity index is 578. The third kappa shape index (κ3) is 3.95. The fourth-order valence-corrected chi connectivity index (χ4v) is 2.30. The number of hydrogen-bond donors (Lipinski definition) is 2. The summed E-state index contributed by atoms with van der Waals surface area (Å²) in [6, 6.07) is 14.2. The molecule has 0 saturated heterocycles. The Morgan fingerprint density at radius 1 is 1.15 bits per heavy atom. The van der Waals surface area contributed by atoms with Crippen molar-refractivity contribution in [3.63, 3.8) is 0 Å². The molecule has 108 valence electrons. The van der Waals surface area contributed by atoms with Gasteiger partial charge < -0.3 is 11.1 Å². The lowest BCUT2D eigenvalue weighted by molar-refractivity contribution is -0.121. The van der Waals surface area contributed by atoms with Crippen molar-refractivity contribution in [2.75, 3.05) is 0 Å². The van der Waals surface area contributed by atoms with Crippen molar-refractivity contribution in [2.24, 2.45) is 5.73 Å². The summed E-state index contributed by atoms with van der Waals surface area (Å²) < 4.78 is 0. The molecule has 2 unspecified atom stereocenters. The molecule has 0 saturated carbocycles. The molecule has 0 fully saturated rings. The average Bonchev–Trinajstić information content (AvgIpc) is 2.36. The van der Waals surface area contributed by atoms with Crippen LogP contribution in [0.2, 0.25) is 0 Å². The van der Waals surface area contributed by atoms with Gasteiger partial charge in [0.05, 0.1) is 6.04 Å². The number of fused-ring (bicyclic) bond motifs is 1. The number of hydrogen-bond acceptors (Lipinski definition) is 2. The van der Waals surface area contributed by atoms with Crippen LogP contribution in [-0.2, 0) is 4.79 Å². The Morgan fingerprint density at radius 2 is 1.80 bits per heavy atom. The number of nitrogens with one attached hydrogen (secondary N) is 1. The fraction of sp³-hybridized carbons (Fsp3) is 0.312. The molecule has 3 nitrogen and oxygen atoms in total. The van der Waals surface area contributed by atoms with Gasteiger partial charge in [-0.2, -0.15) is 0 Å². The van der Waals surface area contributed by atoms with Crippen LogP contribution < -0.4 is 11.1 Å². The molecule has 2 rings (SSSR count). The molecule has 0 aliphatic rings. The lowest BCUT2D eigenvalue weighted by atomic mass is 9.99. The second kappa shape index (κ2) is 7.27. The Labute approximate surface area is 126 Å². The molecule has 0 aliphatic carbocycles. The van der Waals surface area contributed by atoms with Gasteiger partial charge in [-0.15, -0.1) is 12.4 Å². The number of rotatable bonds is 4. The minimum atomic E-state index is -0.111. The maximum absolute atomic E-state index is 11.8. The van der Waals surface area contributed by atoms with Crippen LogP contribution in [0, 0.1) is 0 Å². The van der Waals surface area contributed by atoms with Crippen molar-refractivity contribution >= 4 is 29.1 Å². The Balaban J connectivity index is 0.00000200. The first-order chi connectivity index (χ1) is 9.08. The quantitative estimate of drug-likeness (QED) is 0.909. The van der Waals surface area contributed by atoms with Crippen molar-refractivity contribution in [1.82, 2.24) is 5.32 Å². The summed E-state index contributed by atoms with van der Waals surface area (Å²) >= 11 is 0. The minimum Gasteiger partial charge on any atom is -0.350 e. The van der Waals surface area contributed by atoms with Gasteiger partial charge >= 0.3 is 0 Å². The van der Waals surface area contributed by atoms with E-state index >= 15 is 0 Å². The Morgan fingerprint density at radius 3 is 2.50 bits per heavy atom. The van der Waals surface area contributed by atoms with Gasteiger partial charge in [0.25, 0.3) is 0 Å². The van der Waals surface area contributed by atoms with E-state index in [1.165, 1.54) is 10.8 Å². The van der Waals surface area contributed by atoms with Gasteiger partial charge in [0.2, 0.25) is 5.91 Å². The molecule has 3 N–H and O–H groups in total. The normalized spacial score (nSPS) is 13.3. The van der Waals surface area contributed by atoms with Gasteiger partial charge in [0.1, 0.15) is 0 Å². The molecule has 2 aromatic carbocycles. The third-order valence-electron chi connectivity index (χ3n) is 3.17. The van der Waals surface area contributed by atoms with Gasteiger partial charge in [-0.1, -0.05) is 42.5 Å². The zero-order valence-corrected chi connectivity index (χ0v) is 12.6. The summed E-state index contributed by atoms with van der Waals surface area (Å²) in [5.41, 5.74) is 6.77. The Kier molecular flexibility index (Phi) is 5.99. The first kappa shape index (κ1) is 16.5. The SMILES string of the molecule is CC(N)CC(=O)NC(C)c1cccc2ccccc12.Cl. The lowest BCUT2D eigenvalue weighted by Gasteiger charge is -2.17. The molecule has 2 atom stereocenters. The second-order valence-electron chi connectivity index (χ2n) is 5.04. The van der Waals surface area contributed by atoms with Gasteiger partial charge in [0.15, 0.2) is 0 Å². The second-order valence-corrected chi connectivity index (χ2v) is 5.04. The van der Waals surface area contributed by atoms with Gasteiger partial charge in [0, 0.05) is 12.5 Å². The molecule has 0 radical (unpaired) electrons. The largest absolute Gasteiger partial charge is 0.350 e. The highest BCUT2D eigenvalue weighted by Gasteiger charge is 2.12. The number of halogens is 1. The highest BCUT2D eigenvalue weighted by atomic mass is 35.5. The molecule has 4 heteroatoms. The van der Waals surface area contributed by atoms with Crippen molar-refractivity contribution in [1.29, 1.82) is 0 Å². The van der Waals surface area contributed by atoms with E-state index in [-0.39, 0.29) is 30.4 Å². The highest BCUT2D eigenvalue weighted by Crippen LogP contribution is 2.23. The first-order valence-electron chi connectivity index (χ1n) is 6.60. The monoisotopic (exact) mass is 292 g/mol. The minimum absolute atomic E-state index is 0. The third-order valence-corrected chi connectivity index (χ3v) is 3.17. The smallest absolute Gasteiger partial charge is 0.222 e. The van der Waals surface area contributed by atoms with Crippen LogP contribution in [0.4, 0.5) is 0 Å². The van der Waals surface area contributed by atoms with Crippen LogP contribution in [0.1, 0.15) is 31.9 Å².